The van der Waals surface area contributed by atoms with Gasteiger partial charge in [-0.05, 0) is 55.3 Å². The van der Waals surface area contributed by atoms with Gasteiger partial charge in [0.25, 0.3) is 0 Å². The fourth-order valence-corrected chi connectivity index (χ4v) is 4.03. The number of hydrogen-bond acceptors (Lipinski definition) is 2. The van der Waals surface area contributed by atoms with E-state index in [1.807, 2.05) is 0 Å². The minimum atomic E-state index is 0.501. The molecule has 1 aromatic rings. The molecule has 2 heteroatoms. The highest BCUT2D eigenvalue weighted by Gasteiger charge is 2.37. The lowest BCUT2D eigenvalue weighted by molar-refractivity contribution is 0.134. The molecule has 0 aliphatic heterocycles. The lowest BCUT2D eigenvalue weighted by Gasteiger charge is -2.43. The van der Waals surface area contributed by atoms with Gasteiger partial charge in [0.15, 0.2) is 0 Å². The number of fused-ring (bicyclic) bond motifs is 1. The molecule has 1 aromatic carbocycles. The lowest BCUT2D eigenvalue weighted by atomic mass is 9.77. The molecular weight excluding hydrogens is 256 g/mol. The molecule has 1 saturated carbocycles. The molecule has 21 heavy (non-hydrogen) atoms. The highest BCUT2D eigenvalue weighted by atomic mass is 15.2. The Bertz CT molecular complexity index is 466. The summed E-state index contributed by atoms with van der Waals surface area (Å²) in [5.74, 6) is 1.65. The maximum atomic E-state index is 3.78. The van der Waals surface area contributed by atoms with Crippen LogP contribution in [-0.2, 0) is 0 Å². The third kappa shape index (κ3) is 3.17. The lowest BCUT2D eigenvalue weighted by Crippen LogP contribution is -2.48. The van der Waals surface area contributed by atoms with Gasteiger partial charge in [-0.2, -0.15) is 0 Å². The predicted octanol–water partition coefficient (Wildman–Crippen LogP) is 3.94. The molecule has 2 aliphatic rings. The molecule has 116 valence electrons. The van der Waals surface area contributed by atoms with E-state index in [1.54, 1.807) is 5.56 Å². The monoisotopic (exact) mass is 286 g/mol. The fraction of sp³-hybridized carbons (Fsp3) is 0.684. The van der Waals surface area contributed by atoms with E-state index in [-0.39, 0.29) is 0 Å². The molecule has 1 N–H and O–H groups in total. The summed E-state index contributed by atoms with van der Waals surface area (Å²) in [6.45, 7) is 10.5. The SMILES string of the molecule is CCNC1c2ccccc2C(C)CC1N(CC)CC1CC1. The molecular formula is C19H30N2. The predicted molar refractivity (Wildman–Crippen MR) is 89.7 cm³/mol. The molecule has 2 aliphatic carbocycles. The van der Waals surface area contributed by atoms with Gasteiger partial charge in [-0.25, -0.2) is 0 Å². The zero-order valence-electron chi connectivity index (χ0n) is 13.8. The first kappa shape index (κ1) is 15.1. The maximum Gasteiger partial charge on any atom is 0.0481 e. The van der Waals surface area contributed by atoms with Crippen LogP contribution in [0.4, 0.5) is 0 Å². The summed E-state index contributed by atoms with van der Waals surface area (Å²) in [6, 6.07) is 10.2. The van der Waals surface area contributed by atoms with Crippen LogP contribution < -0.4 is 5.32 Å². The molecule has 3 rings (SSSR count). The Morgan fingerprint density at radius 3 is 2.48 bits per heavy atom. The van der Waals surface area contributed by atoms with Gasteiger partial charge in [0.2, 0.25) is 0 Å². The molecule has 0 heterocycles. The van der Waals surface area contributed by atoms with Gasteiger partial charge < -0.3 is 5.32 Å². The van der Waals surface area contributed by atoms with Crippen LogP contribution in [0.1, 0.15) is 63.1 Å². The van der Waals surface area contributed by atoms with E-state index in [2.05, 4.69) is 55.3 Å². The Labute approximate surface area is 129 Å². The largest absolute Gasteiger partial charge is 0.309 e. The Hall–Kier alpha value is -0.860. The highest BCUT2D eigenvalue weighted by Crippen LogP contribution is 2.41. The topological polar surface area (TPSA) is 15.3 Å². The van der Waals surface area contributed by atoms with Crippen LogP contribution in [0.2, 0.25) is 0 Å². The minimum Gasteiger partial charge on any atom is -0.309 e. The van der Waals surface area contributed by atoms with Crippen LogP contribution in [0, 0.1) is 5.92 Å². The van der Waals surface area contributed by atoms with Crippen LogP contribution in [-0.4, -0.2) is 30.6 Å². The van der Waals surface area contributed by atoms with Crippen molar-refractivity contribution >= 4 is 0 Å². The Morgan fingerprint density at radius 2 is 1.86 bits per heavy atom. The summed E-state index contributed by atoms with van der Waals surface area (Å²) in [7, 11) is 0. The molecule has 3 atom stereocenters. The number of nitrogens with one attached hydrogen (secondary N) is 1. The summed E-state index contributed by atoms with van der Waals surface area (Å²) < 4.78 is 0. The molecule has 0 bridgehead atoms. The van der Waals surface area contributed by atoms with Gasteiger partial charge in [0.05, 0.1) is 0 Å². The van der Waals surface area contributed by atoms with Gasteiger partial charge in [-0.1, -0.05) is 45.0 Å². The van der Waals surface area contributed by atoms with E-state index >= 15 is 0 Å². The summed E-state index contributed by atoms with van der Waals surface area (Å²) in [5, 5.41) is 3.78. The van der Waals surface area contributed by atoms with E-state index in [0.29, 0.717) is 18.0 Å². The molecule has 0 aromatic heterocycles. The summed E-state index contributed by atoms with van der Waals surface area (Å²) in [5.41, 5.74) is 3.10. The van der Waals surface area contributed by atoms with E-state index < -0.39 is 0 Å². The molecule has 1 fully saturated rings. The van der Waals surface area contributed by atoms with Crippen molar-refractivity contribution in [1.29, 1.82) is 0 Å². The summed E-state index contributed by atoms with van der Waals surface area (Å²) in [6.07, 6.45) is 4.18. The Morgan fingerprint density at radius 1 is 1.14 bits per heavy atom. The zero-order chi connectivity index (χ0) is 14.8. The first-order chi connectivity index (χ1) is 10.2. The van der Waals surface area contributed by atoms with Crippen LogP contribution in [0.3, 0.4) is 0 Å². The minimum absolute atomic E-state index is 0.501. The standard InChI is InChI=1S/C19H30N2/c1-4-20-19-17-9-7-6-8-16(17)14(3)12-18(19)21(5-2)13-15-10-11-15/h6-9,14-15,18-20H,4-5,10-13H2,1-3H3. The smallest absolute Gasteiger partial charge is 0.0481 e. The third-order valence-corrected chi connectivity index (χ3v) is 5.33. The quantitative estimate of drug-likeness (QED) is 0.852. The second-order valence-electron chi connectivity index (χ2n) is 6.90. The van der Waals surface area contributed by atoms with Gasteiger partial charge in [-0.3, -0.25) is 4.90 Å². The molecule has 2 nitrogen and oxygen atoms in total. The van der Waals surface area contributed by atoms with Crippen molar-refractivity contribution in [2.45, 2.75) is 58.0 Å². The van der Waals surface area contributed by atoms with Crippen molar-refractivity contribution < 1.29 is 0 Å². The molecule has 0 amide bonds. The van der Waals surface area contributed by atoms with Crippen molar-refractivity contribution in [3.05, 3.63) is 35.4 Å². The van der Waals surface area contributed by atoms with Crippen molar-refractivity contribution in [3.63, 3.8) is 0 Å². The van der Waals surface area contributed by atoms with Gasteiger partial charge >= 0.3 is 0 Å². The van der Waals surface area contributed by atoms with Gasteiger partial charge in [-0.15, -0.1) is 0 Å². The third-order valence-electron chi connectivity index (χ3n) is 5.33. The fourth-order valence-electron chi connectivity index (χ4n) is 4.03. The normalized spacial score (nSPS) is 28.7. The highest BCUT2D eigenvalue weighted by molar-refractivity contribution is 5.36. The van der Waals surface area contributed by atoms with E-state index in [1.165, 1.54) is 37.9 Å². The summed E-state index contributed by atoms with van der Waals surface area (Å²) in [4.78, 5) is 2.75. The maximum absolute atomic E-state index is 3.78. The van der Waals surface area contributed by atoms with Gasteiger partial charge in [0, 0.05) is 18.6 Å². The number of likely N-dealkylation sites (N-methyl/N-ethyl adjacent to an activating group) is 2. The van der Waals surface area contributed by atoms with Crippen molar-refractivity contribution in [1.82, 2.24) is 10.2 Å². The first-order valence-corrected chi connectivity index (χ1v) is 8.80. The number of hydrogen-bond donors (Lipinski definition) is 1. The Balaban J connectivity index is 1.88. The van der Waals surface area contributed by atoms with E-state index in [9.17, 15) is 0 Å². The average Bonchev–Trinajstić information content (AvgIpc) is 3.32. The van der Waals surface area contributed by atoms with E-state index in [0.717, 1.165) is 12.5 Å². The van der Waals surface area contributed by atoms with Crippen LogP contribution in [0.15, 0.2) is 24.3 Å². The average molecular weight is 286 g/mol. The number of nitrogens with zero attached hydrogens (tertiary/aromatic N) is 1. The summed E-state index contributed by atoms with van der Waals surface area (Å²) >= 11 is 0. The van der Waals surface area contributed by atoms with Crippen LogP contribution in [0.5, 0.6) is 0 Å². The van der Waals surface area contributed by atoms with Crippen molar-refractivity contribution in [2.24, 2.45) is 5.92 Å². The molecule has 0 radical (unpaired) electrons. The zero-order valence-corrected chi connectivity index (χ0v) is 13.8. The number of benzene rings is 1. The Kier molecular flexibility index (Phi) is 4.66. The molecule has 3 unspecified atom stereocenters. The number of rotatable bonds is 6. The molecule has 0 spiro atoms. The van der Waals surface area contributed by atoms with E-state index in [4.69, 9.17) is 0 Å². The van der Waals surface area contributed by atoms with Crippen molar-refractivity contribution in [3.8, 4) is 0 Å². The first-order valence-electron chi connectivity index (χ1n) is 8.80. The second-order valence-corrected chi connectivity index (χ2v) is 6.90. The molecule has 0 saturated heterocycles. The van der Waals surface area contributed by atoms with Crippen LogP contribution in [0.25, 0.3) is 0 Å². The van der Waals surface area contributed by atoms with Crippen molar-refractivity contribution in [2.75, 3.05) is 19.6 Å². The van der Waals surface area contributed by atoms with Gasteiger partial charge in [0.1, 0.15) is 0 Å². The second kappa shape index (κ2) is 6.50. The van der Waals surface area contributed by atoms with Crippen LogP contribution >= 0.6 is 0 Å².